The van der Waals surface area contributed by atoms with Crippen LogP contribution in [0.4, 0.5) is 0 Å². The van der Waals surface area contributed by atoms with Crippen molar-refractivity contribution in [3.05, 3.63) is 35.6 Å². The molecule has 0 aliphatic rings. The van der Waals surface area contributed by atoms with Crippen molar-refractivity contribution in [3.8, 4) is 0 Å². The van der Waals surface area contributed by atoms with Crippen molar-refractivity contribution in [1.82, 2.24) is 20.3 Å². The van der Waals surface area contributed by atoms with Gasteiger partial charge in [0, 0.05) is 12.2 Å². The number of nitrogens with zero attached hydrogens (tertiary/aromatic N) is 2. The molecule has 0 fully saturated rings. The van der Waals surface area contributed by atoms with Crippen molar-refractivity contribution in [2.45, 2.75) is 26.9 Å². The molecule has 2 rings (SSSR count). The molecule has 5 nitrogen and oxygen atoms in total. The maximum Gasteiger partial charge on any atom is 0.208 e. The van der Waals surface area contributed by atoms with Crippen LogP contribution in [-0.2, 0) is 13.1 Å². The molecule has 0 spiro atoms. The molecule has 0 amide bonds. The standard InChI is InChI=1S/C10H14N4O/c1-7-3-12-10(15-7)5-11-4-9-8(2)13-6-14-9/h3,6,11H,4-5H2,1-2H3,(H,13,14). The molecule has 0 saturated carbocycles. The van der Waals surface area contributed by atoms with E-state index in [1.54, 1.807) is 12.5 Å². The second kappa shape index (κ2) is 4.27. The average Bonchev–Trinajstić information content (AvgIpc) is 2.77. The van der Waals surface area contributed by atoms with Crippen molar-refractivity contribution < 1.29 is 4.42 Å². The number of oxazole rings is 1. The Bertz CT molecular complexity index is 432. The summed E-state index contributed by atoms with van der Waals surface area (Å²) in [6, 6.07) is 0. The van der Waals surface area contributed by atoms with Crippen LogP contribution in [0, 0.1) is 13.8 Å². The van der Waals surface area contributed by atoms with E-state index < -0.39 is 0 Å². The molecule has 2 N–H and O–H groups in total. The fourth-order valence-corrected chi connectivity index (χ4v) is 1.34. The summed E-state index contributed by atoms with van der Waals surface area (Å²) < 4.78 is 5.33. The first-order valence-corrected chi connectivity index (χ1v) is 4.86. The fraction of sp³-hybridized carbons (Fsp3) is 0.400. The van der Waals surface area contributed by atoms with E-state index in [0.29, 0.717) is 12.4 Å². The van der Waals surface area contributed by atoms with Gasteiger partial charge in [-0.2, -0.15) is 0 Å². The van der Waals surface area contributed by atoms with Gasteiger partial charge in [0.25, 0.3) is 0 Å². The number of aromatic amines is 1. The number of rotatable bonds is 4. The molecule has 5 heteroatoms. The molecule has 0 saturated heterocycles. The van der Waals surface area contributed by atoms with Gasteiger partial charge in [0.1, 0.15) is 5.76 Å². The second-order valence-corrected chi connectivity index (χ2v) is 3.44. The van der Waals surface area contributed by atoms with Crippen molar-refractivity contribution in [2.75, 3.05) is 0 Å². The third kappa shape index (κ3) is 2.44. The summed E-state index contributed by atoms with van der Waals surface area (Å²) in [5, 5.41) is 3.22. The number of aryl methyl sites for hydroxylation is 2. The van der Waals surface area contributed by atoms with Crippen molar-refractivity contribution in [2.24, 2.45) is 0 Å². The van der Waals surface area contributed by atoms with Crippen LogP contribution < -0.4 is 5.32 Å². The first kappa shape index (κ1) is 9.92. The van der Waals surface area contributed by atoms with Gasteiger partial charge < -0.3 is 14.7 Å². The van der Waals surface area contributed by atoms with Gasteiger partial charge in [-0.25, -0.2) is 9.97 Å². The molecule has 2 aromatic heterocycles. The number of aromatic nitrogens is 3. The quantitative estimate of drug-likeness (QED) is 0.791. The van der Waals surface area contributed by atoms with E-state index in [1.807, 2.05) is 13.8 Å². The van der Waals surface area contributed by atoms with Crippen molar-refractivity contribution in [3.63, 3.8) is 0 Å². The van der Waals surface area contributed by atoms with Gasteiger partial charge in [0.15, 0.2) is 0 Å². The largest absolute Gasteiger partial charge is 0.445 e. The smallest absolute Gasteiger partial charge is 0.208 e. The minimum atomic E-state index is 0.625. The Balaban J connectivity index is 1.83. The minimum absolute atomic E-state index is 0.625. The van der Waals surface area contributed by atoms with Crippen LogP contribution in [0.3, 0.4) is 0 Å². The van der Waals surface area contributed by atoms with E-state index in [-0.39, 0.29) is 0 Å². The molecule has 0 bridgehead atoms. The van der Waals surface area contributed by atoms with E-state index >= 15 is 0 Å². The highest BCUT2D eigenvalue weighted by Gasteiger charge is 2.02. The molecule has 0 unspecified atom stereocenters. The van der Waals surface area contributed by atoms with Crippen LogP contribution in [0.2, 0.25) is 0 Å². The van der Waals surface area contributed by atoms with E-state index in [0.717, 1.165) is 23.7 Å². The molecule has 2 aromatic rings. The van der Waals surface area contributed by atoms with Crippen molar-refractivity contribution >= 4 is 0 Å². The highest BCUT2D eigenvalue weighted by Crippen LogP contribution is 2.02. The third-order valence-corrected chi connectivity index (χ3v) is 2.17. The van der Waals surface area contributed by atoms with Gasteiger partial charge >= 0.3 is 0 Å². The number of H-pyrrole nitrogens is 1. The Morgan fingerprint density at radius 3 is 2.80 bits per heavy atom. The number of imidazole rings is 1. The lowest BCUT2D eigenvalue weighted by molar-refractivity contribution is 0.448. The predicted molar refractivity (Wildman–Crippen MR) is 55.1 cm³/mol. The molecule has 15 heavy (non-hydrogen) atoms. The Hall–Kier alpha value is -1.62. The van der Waals surface area contributed by atoms with Crippen molar-refractivity contribution in [1.29, 1.82) is 0 Å². The van der Waals surface area contributed by atoms with Crippen LogP contribution >= 0.6 is 0 Å². The van der Waals surface area contributed by atoms with Crippen LogP contribution in [0.25, 0.3) is 0 Å². The van der Waals surface area contributed by atoms with Crippen LogP contribution in [-0.4, -0.2) is 15.0 Å². The molecule has 0 atom stereocenters. The first-order valence-electron chi connectivity index (χ1n) is 4.86. The van der Waals surface area contributed by atoms with Gasteiger partial charge in [-0.15, -0.1) is 0 Å². The summed E-state index contributed by atoms with van der Waals surface area (Å²) in [5.41, 5.74) is 2.12. The predicted octanol–water partition coefficient (Wildman–Crippen LogP) is 1.30. The maximum absolute atomic E-state index is 5.33. The summed E-state index contributed by atoms with van der Waals surface area (Å²) >= 11 is 0. The summed E-state index contributed by atoms with van der Waals surface area (Å²) in [5.74, 6) is 1.54. The summed E-state index contributed by atoms with van der Waals surface area (Å²) in [7, 11) is 0. The van der Waals surface area contributed by atoms with Gasteiger partial charge in [0.05, 0.1) is 24.8 Å². The molecule has 0 aromatic carbocycles. The van der Waals surface area contributed by atoms with Gasteiger partial charge in [-0.3, -0.25) is 0 Å². The number of hydrogen-bond donors (Lipinski definition) is 2. The third-order valence-electron chi connectivity index (χ3n) is 2.17. The lowest BCUT2D eigenvalue weighted by Gasteiger charge is -1.99. The van der Waals surface area contributed by atoms with Crippen LogP contribution in [0.15, 0.2) is 16.9 Å². The summed E-state index contributed by atoms with van der Waals surface area (Å²) in [6.07, 6.45) is 3.42. The monoisotopic (exact) mass is 206 g/mol. The Morgan fingerprint density at radius 2 is 2.20 bits per heavy atom. The highest BCUT2D eigenvalue weighted by atomic mass is 16.4. The maximum atomic E-state index is 5.33. The Kier molecular flexibility index (Phi) is 2.82. The van der Waals surface area contributed by atoms with E-state index in [9.17, 15) is 0 Å². The molecular formula is C10H14N4O. The zero-order valence-electron chi connectivity index (χ0n) is 8.87. The van der Waals surface area contributed by atoms with Gasteiger partial charge in [-0.1, -0.05) is 0 Å². The molecule has 0 radical (unpaired) electrons. The number of hydrogen-bond acceptors (Lipinski definition) is 4. The lowest BCUT2D eigenvalue weighted by Crippen LogP contribution is -2.13. The van der Waals surface area contributed by atoms with Crippen LogP contribution in [0.5, 0.6) is 0 Å². The molecular weight excluding hydrogens is 192 g/mol. The topological polar surface area (TPSA) is 66.7 Å². The molecule has 2 heterocycles. The van der Waals surface area contributed by atoms with Gasteiger partial charge in [0.2, 0.25) is 5.89 Å². The SMILES string of the molecule is Cc1cnc(CNCc2nc[nH]c2C)o1. The fourth-order valence-electron chi connectivity index (χ4n) is 1.34. The minimum Gasteiger partial charge on any atom is -0.445 e. The summed E-state index contributed by atoms with van der Waals surface area (Å²) in [4.78, 5) is 11.3. The molecule has 0 aliphatic heterocycles. The zero-order chi connectivity index (χ0) is 10.7. The normalized spacial score (nSPS) is 10.8. The van der Waals surface area contributed by atoms with E-state index in [2.05, 4.69) is 20.3 Å². The zero-order valence-corrected chi connectivity index (χ0v) is 8.87. The highest BCUT2D eigenvalue weighted by molar-refractivity contribution is 5.08. The summed E-state index contributed by atoms with van der Waals surface area (Å²) in [6.45, 7) is 5.23. The Labute approximate surface area is 87.9 Å². The van der Waals surface area contributed by atoms with E-state index in [1.165, 1.54) is 0 Å². The lowest BCUT2D eigenvalue weighted by atomic mass is 10.3. The van der Waals surface area contributed by atoms with Crippen LogP contribution in [0.1, 0.15) is 23.0 Å². The Morgan fingerprint density at radius 1 is 1.33 bits per heavy atom. The average molecular weight is 206 g/mol. The second-order valence-electron chi connectivity index (χ2n) is 3.44. The molecule has 0 aliphatic carbocycles. The number of nitrogens with one attached hydrogen (secondary N) is 2. The first-order chi connectivity index (χ1) is 7.25. The molecule has 80 valence electrons. The van der Waals surface area contributed by atoms with Gasteiger partial charge in [-0.05, 0) is 13.8 Å². The van der Waals surface area contributed by atoms with E-state index in [4.69, 9.17) is 4.42 Å².